The molecule has 2 amide bonds. The van der Waals surface area contributed by atoms with Gasteiger partial charge in [-0.2, -0.15) is 0 Å². The summed E-state index contributed by atoms with van der Waals surface area (Å²) in [6.45, 7) is 9.57. The molecular weight excluding hydrogens is 346 g/mol. The molecule has 2 aliphatic heterocycles. The van der Waals surface area contributed by atoms with Gasteiger partial charge in [-0.15, -0.1) is 11.3 Å². The van der Waals surface area contributed by atoms with Gasteiger partial charge in [0.2, 0.25) is 5.91 Å². The first-order valence-electron chi connectivity index (χ1n) is 9.74. The van der Waals surface area contributed by atoms with Gasteiger partial charge in [0.25, 0.3) is 5.91 Å². The van der Waals surface area contributed by atoms with Gasteiger partial charge < -0.3 is 10.6 Å². The molecule has 3 rings (SSSR count). The van der Waals surface area contributed by atoms with Crippen molar-refractivity contribution in [3.8, 4) is 0 Å². The molecule has 2 aliphatic rings. The van der Waals surface area contributed by atoms with Gasteiger partial charge in [0, 0.05) is 17.8 Å². The topological polar surface area (TPSA) is 61.4 Å². The molecule has 0 aromatic carbocycles. The molecular formula is C20H31N3O2S. The van der Waals surface area contributed by atoms with Gasteiger partial charge >= 0.3 is 0 Å². The number of carbonyl (C=O) groups excluding carboxylic acids is 2. The number of hydrogen-bond acceptors (Lipinski definition) is 4. The predicted molar refractivity (Wildman–Crippen MR) is 105 cm³/mol. The Morgan fingerprint density at radius 1 is 1.27 bits per heavy atom. The minimum atomic E-state index is -0.0943. The average molecular weight is 378 g/mol. The number of likely N-dealkylation sites (tertiary alicyclic amines) is 1. The summed E-state index contributed by atoms with van der Waals surface area (Å²) >= 11 is 1.59. The van der Waals surface area contributed by atoms with Gasteiger partial charge in [0.15, 0.2) is 0 Å². The summed E-state index contributed by atoms with van der Waals surface area (Å²) in [5.41, 5.74) is -0.0943. The number of hydrogen-bond donors (Lipinski definition) is 2. The molecule has 144 valence electrons. The van der Waals surface area contributed by atoms with Crippen molar-refractivity contribution in [1.82, 2.24) is 15.5 Å². The first-order valence-corrected chi connectivity index (χ1v) is 10.6. The summed E-state index contributed by atoms with van der Waals surface area (Å²) in [5, 5.41) is 6.24. The van der Waals surface area contributed by atoms with E-state index in [4.69, 9.17) is 0 Å². The number of carbonyl (C=O) groups is 2. The van der Waals surface area contributed by atoms with Crippen LogP contribution in [0.25, 0.3) is 0 Å². The molecule has 26 heavy (non-hydrogen) atoms. The summed E-state index contributed by atoms with van der Waals surface area (Å²) in [5.74, 6) is 0.0608. The van der Waals surface area contributed by atoms with E-state index in [-0.39, 0.29) is 29.3 Å². The van der Waals surface area contributed by atoms with E-state index in [1.807, 2.05) is 6.07 Å². The molecule has 2 saturated heterocycles. The van der Waals surface area contributed by atoms with Crippen molar-refractivity contribution in [2.24, 2.45) is 5.41 Å². The fourth-order valence-corrected chi connectivity index (χ4v) is 4.89. The molecule has 0 spiro atoms. The lowest BCUT2D eigenvalue weighted by Gasteiger charge is -2.40. The Morgan fingerprint density at radius 3 is 2.69 bits per heavy atom. The number of nitrogens with one attached hydrogen (secondary N) is 2. The lowest BCUT2D eigenvalue weighted by Crippen LogP contribution is -2.60. The van der Waals surface area contributed by atoms with Crippen molar-refractivity contribution < 1.29 is 9.59 Å². The standard InChI is InChI=1S/C20H31N3O2S/c1-20(2,3)18-15(8-10-17(24)22-18)21-19(25)16-9-7-14(26-16)13-23-11-5-4-6-12-23/h7,9,15,18H,4-6,8,10-13H2,1-3H3,(H,21,25)(H,22,24)/t15-,18-/m1/s1. The number of amides is 2. The van der Waals surface area contributed by atoms with Gasteiger partial charge in [0.05, 0.1) is 17.0 Å². The average Bonchev–Trinajstić information content (AvgIpc) is 3.05. The van der Waals surface area contributed by atoms with Crippen LogP contribution in [0.5, 0.6) is 0 Å². The van der Waals surface area contributed by atoms with Crippen molar-refractivity contribution in [2.45, 2.75) is 71.5 Å². The van der Waals surface area contributed by atoms with E-state index in [1.54, 1.807) is 11.3 Å². The summed E-state index contributed by atoms with van der Waals surface area (Å²) < 4.78 is 0. The van der Waals surface area contributed by atoms with Crippen LogP contribution in [0.3, 0.4) is 0 Å². The maximum atomic E-state index is 12.7. The minimum absolute atomic E-state index is 0.0182. The molecule has 0 radical (unpaired) electrons. The van der Waals surface area contributed by atoms with Gasteiger partial charge in [-0.1, -0.05) is 27.2 Å². The molecule has 6 heteroatoms. The highest BCUT2D eigenvalue weighted by Gasteiger charge is 2.37. The Kier molecular flexibility index (Phi) is 6.03. The summed E-state index contributed by atoms with van der Waals surface area (Å²) in [6, 6.07) is 3.96. The lowest BCUT2D eigenvalue weighted by atomic mass is 9.78. The Morgan fingerprint density at radius 2 is 2.00 bits per heavy atom. The second kappa shape index (κ2) is 8.09. The van der Waals surface area contributed by atoms with Gasteiger partial charge in [-0.25, -0.2) is 0 Å². The number of piperidine rings is 2. The van der Waals surface area contributed by atoms with Crippen LogP contribution in [0.2, 0.25) is 0 Å². The SMILES string of the molecule is CC(C)(C)[C@@H]1NC(=O)CC[C@H]1NC(=O)c1ccc(CN2CCCCC2)s1. The van der Waals surface area contributed by atoms with Crippen LogP contribution in [-0.2, 0) is 11.3 Å². The van der Waals surface area contributed by atoms with Crippen LogP contribution in [0.15, 0.2) is 12.1 Å². The first kappa shape index (κ1) is 19.4. The Labute approximate surface area is 160 Å². The normalized spacial score (nSPS) is 25.0. The van der Waals surface area contributed by atoms with Gasteiger partial charge in [0.1, 0.15) is 0 Å². The molecule has 0 bridgehead atoms. The number of rotatable bonds is 4. The van der Waals surface area contributed by atoms with Crippen molar-refractivity contribution in [2.75, 3.05) is 13.1 Å². The predicted octanol–water partition coefficient (Wildman–Crippen LogP) is 3.16. The van der Waals surface area contributed by atoms with E-state index in [0.29, 0.717) is 12.8 Å². The van der Waals surface area contributed by atoms with Crippen molar-refractivity contribution in [3.05, 3.63) is 21.9 Å². The number of nitrogens with zero attached hydrogens (tertiary/aromatic N) is 1. The molecule has 3 heterocycles. The summed E-state index contributed by atoms with van der Waals surface area (Å²) in [6.07, 6.45) is 5.07. The Bertz CT molecular complexity index is 644. The third-order valence-corrected chi connectivity index (χ3v) is 6.43. The molecule has 0 saturated carbocycles. The van der Waals surface area contributed by atoms with Gasteiger partial charge in [-0.05, 0) is 49.9 Å². The molecule has 2 atom stereocenters. The maximum absolute atomic E-state index is 12.7. The minimum Gasteiger partial charge on any atom is -0.351 e. The second-order valence-electron chi connectivity index (χ2n) is 8.63. The highest BCUT2D eigenvalue weighted by molar-refractivity contribution is 7.14. The van der Waals surface area contributed by atoms with E-state index >= 15 is 0 Å². The summed E-state index contributed by atoms with van der Waals surface area (Å²) in [7, 11) is 0. The highest BCUT2D eigenvalue weighted by Crippen LogP contribution is 2.27. The van der Waals surface area contributed by atoms with Crippen molar-refractivity contribution >= 4 is 23.2 Å². The van der Waals surface area contributed by atoms with E-state index in [9.17, 15) is 9.59 Å². The van der Waals surface area contributed by atoms with Crippen molar-refractivity contribution in [3.63, 3.8) is 0 Å². The smallest absolute Gasteiger partial charge is 0.261 e. The van der Waals surface area contributed by atoms with E-state index in [0.717, 1.165) is 24.5 Å². The van der Waals surface area contributed by atoms with Crippen LogP contribution in [-0.4, -0.2) is 41.9 Å². The molecule has 5 nitrogen and oxygen atoms in total. The van der Waals surface area contributed by atoms with Crippen LogP contribution in [0.1, 0.15) is 67.4 Å². The quantitative estimate of drug-likeness (QED) is 0.847. The zero-order valence-electron chi connectivity index (χ0n) is 16.1. The molecule has 2 N–H and O–H groups in total. The third-order valence-electron chi connectivity index (χ3n) is 5.36. The Hall–Kier alpha value is -1.40. The molecule has 1 aromatic heterocycles. The van der Waals surface area contributed by atoms with E-state index < -0.39 is 0 Å². The third kappa shape index (κ3) is 4.86. The Balaban J connectivity index is 1.61. The maximum Gasteiger partial charge on any atom is 0.261 e. The fraction of sp³-hybridized carbons (Fsp3) is 0.700. The van der Waals surface area contributed by atoms with E-state index in [1.165, 1.54) is 24.1 Å². The largest absolute Gasteiger partial charge is 0.351 e. The van der Waals surface area contributed by atoms with Gasteiger partial charge in [-0.3, -0.25) is 14.5 Å². The molecule has 0 aliphatic carbocycles. The molecule has 0 unspecified atom stereocenters. The van der Waals surface area contributed by atoms with Crippen LogP contribution in [0, 0.1) is 5.41 Å². The van der Waals surface area contributed by atoms with Crippen molar-refractivity contribution in [1.29, 1.82) is 0 Å². The van der Waals surface area contributed by atoms with Crippen LogP contribution >= 0.6 is 11.3 Å². The zero-order valence-corrected chi connectivity index (χ0v) is 17.0. The zero-order chi connectivity index (χ0) is 18.7. The lowest BCUT2D eigenvalue weighted by molar-refractivity contribution is -0.125. The number of thiophene rings is 1. The second-order valence-corrected chi connectivity index (χ2v) is 9.80. The van der Waals surface area contributed by atoms with Crippen LogP contribution in [0.4, 0.5) is 0 Å². The van der Waals surface area contributed by atoms with Crippen LogP contribution < -0.4 is 10.6 Å². The highest BCUT2D eigenvalue weighted by atomic mass is 32.1. The fourth-order valence-electron chi connectivity index (χ4n) is 3.94. The monoisotopic (exact) mass is 377 g/mol. The summed E-state index contributed by atoms with van der Waals surface area (Å²) in [4.78, 5) is 29.0. The van der Waals surface area contributed by atoms with E-state index in [2.05, 4.69) is 42.4 Å². The molecule has 1 aromatic rings. The first-order chi connectivity index (χ1) is 12.3. The molecule has 2 fully saturated rings.